The molecular weight excluding hydrogens is 518 g/mol. The number of nitrogens with one attached hydrogen (secondary N) is 1. The first-order valence-electron chi connectivity index (χ1n) is 14.3. The Kier molecular flexibility index (Phi) is 8.42. The van der Waals surface area contributed by atoms with Gasteiger partial charge in [-0.15, -0.1) is 0 Å². The molecule has 1 N–H and O–H groups in total. The van der Waals surface area contributed by atoms with Crippen LogP contribution in [0.1, 0.15) is 90.4 Å². The molecule has 1 spiro atoms. The summed E-state index contributed by atoms with van der Waals surface area (Å²) >= 11 is 0. The molecule has 3 heterocycles. The van der Waals surface area contributed by atoms with E-state index in [0.29, 0.717) is 63.2 Å². The Bertz CT molecular complexity index is 1290. The summed E-state index contributed by atoms with van der Waals surface area (Å²) in [6.45, 7) is 4.84. The van der Waals surface area contributed by atoms with Crippen LogP contribution in [0.3, 0.4) is 0 Å². The third kappa shape index (κ3) is 5.91. The van der Waals surface area contributed by atoms with Crippen molar-refractivity contribution in [1.82, 2.24) is 15.1 Å². The highest BCUT2D eigenvalue weighted by molar-refractivity contribution is 7.92. The molecule has 0 radical (unpaired) electrons. The Morgan fingerprint density at radius 2 is 1.87 bits per heavy atom. The fourth-order valence-corrected chi connectivity index (χ4v) is 8.06. The van der Waals surface area contributed by atoms with E-state index in [-0.39, 0.29) is 28.1 Å². The minimum absolute atomic E-state index is 0.0153. The predicted molar refractivity (Wildman–Crippen MR) is 146 cm³/mol. The zero-order valence-electron chi connectivity index (χ0n) is 22.7. The van der Waals surface area contributed by atoms with Crippen LogP contribution in [-0.2, 0) is 38.7 Å². The molecule has 2 aliphatic heterocycles. The number of benzene rings is 1. The average Bonchev–Trinajstić information content (AvgIpc) is 3.24. The number of aryl methyl sites for hydroxylation is 2. The summed E-state index contributed by atoms with van der Waals surface area (Å²) in [6.07, 6.45) is 8.14. The molecule has 0 atom stereocenters. The first kappa shape index (κ1) is 27.8. The van der Waals surface area contributed by atoms with Crippen LogP contribution < -0.4 is 5.32 Å². The number of rotatable bonds is 8. The number of aromatic nitrogens is 2. The molecule has 3 aliphatic rings. The van der Waals surface area contributed by atoms with Crippen molar-refractivity contribution in [3.63, 3.8) is 0 Å². The smallest absolute Gasteiger partial charge is 0.338 e. The number of hydrogen-bond donors (Lipinski definition) is 1. The topological polar surface area (TPSA) is 117 Å². The van der Waals surface area contributed by atoms with Crippen molar-refractivity contribution in [2.75, 3.05) is 26.4 Å². The number of carbonyl (C=O) groups is 2. The van der Waals surface area contributed by atoms with E-state index in [1.54, 1.807) is 4.68 Å². The maximum atomic E-state index is 13.0. The normalized spacial score (nSPS) is 19.8. The minimum atomic E-state index is -3.38. The molecule has 1 aromatic heterocycles. The Balaban J connectivity index is 1.20. The van der Waals surface area contributed by atoms with Gasteiger partial charge in [-0.1, -0.05) is 19.3 Å². The number of nitrogens with zero attached hydrogens (tertiary/aromatic N) is 2. The molecule has 5 rings (SSSR count). The number of ether oxygens (including phenoxy) is 2. The fourth-order valence-electron chi connectivity index (χ4n) is 6.20. The van der Waals surface area contributed by atoms with E-state index < -0.39 is 15.8 Å². The number of fused-ring (bicyclic) bond motifs is 1. The van der Waals surface area contributed by atoms with Crippen LogP contribution in [0.4, 0.5) is 0 Å². The van der Waals surface area contributed by atoms with E-state index >= 15 is 0 Å². The molecule has 39 heavy (non-hydrogen) atoms. The monoisotopic (exact) mass is 557 g/mol. The van der Waals surface area contributed by atoms with Gasteiger partial charge >= 0.3 is 5.97 Å². The standard InChI is InChI=1S/C29H39N3O6S/c1-2-32-26-24(19-29(20-30-27(26)33)14-17-37-18-15-29)25(31-32)9-6-16-38-28(34)21-10-12-23(13-11-21)39(35,36)22-7-4-3-5-8-22/h10-13,22H,2-9,14-20H2,1H3,(H,30,33). The lowest BCUT2D eigenvalue weighted by Crippen LogP contribution is -2.40. The highest BCUT2D eigenvalue weighted by Gasteiger charge is 2.39. The van der Waals surface area contributed by atoms with Crippen LogP contribution in [-0.4, -0.2) is 61.7 Å². The number of esters is 1. The van der Waals surface area contributed by atoms with E-state index in [1.807, 2.05) is 6.92 Å². The molecule has 2 aromatic rings. The Morgan fingerprint density at radius 3 is 2.56 bits per heavy atom. The number of hydrogen-bond acceptors (Lipinski definition) is 7. The van der Waals surface area contributed by atoms with Crippen molar-refractivity contribution in [3.8, 4) is 0 Å². The first-order valence-corrected chi connectivity index (χ1v) is 15.8. The lowest BCUT2D eigenvalue weighted by Gasteiger charge is -2.36. The lowest BCUT2D eigenvalue weighted by molar-refractivity contribution is 0.0160. The van der Waals surface area contributed by atoms with Crippen LogP contribution >= 0.6 is 0 Å². The first-order chi connectivity index (χ1) is 18.8. The second-order valence-corrected chi connectivity index (χ2v) is 13.4. The summed E-state index contributed by atoms with van der Waals surface area (Å²) < 4.78 is 38.7. The highest BCUT2D eigenvalue weighted by atomic mass is 32.2. The lowest BCUT2D eigenvalue weighted by atomic mass is 9.75. The minimum Gasteiger partial charge on any atom is -0.462 e. The van der Waals surface area contributed by atoms with Gasteiger partial charge in [0.2, 0.25) is 0 Å². The van der Waals surface area contributed by atoms with Gasteiger partial charge in [0.25, 0.3) is 5.91 Å². The predicted octanol–water partition coefficient (Wildman–Crippen LogP) is 3.88. The Morgan fingerprint density at radius 1 is 1.15 bits per heavy atom. The van der Waals surface area contributed by atoms with E-state index in [0.717, 1.165) is 49.8 Å². The molecule has 9 nitrogen and oxygen atoms in total. The molecule has 0 bridgehead atoms. The fraction of sp³-hybridized carbons (Fsp3) is 0.621. The molecule has 1 saturated heterocycles. The van der Waals surface area contributed by atoms with Gasteiger partial charge in [-0.05, 0) is 81.5 Å². The molecule has 212 valence electrons. The van der Waals surface area contributed by atoms with Gasteiger partial charge in [0.15, 0.2) is 9.84 Å². The summed E-state index contributed by atoms with van der Waals surface area (Å²) in [5, 5.41) is 7.54. The molecule has 1 aromatic carbocycles. The van der Waals surface area contributed by atoms with Crippen molar-refractivity contribution < 1.29 is 27.5 Å². The van der Waals surface area contributed by atoms with E-state index in [1.165, 1.54) is 24.3 Å². The summed E-state index contributed by atoms with van der Waals surface area (Å²) in [4.78, 5) is 25.9. The second kappa shape index (κ2) is 11.8. The Hall–Kier alpha value is -2.72. The zero-order chi connectivity index (χ0) is 27.5. The molecule has 1 saturated carbocycles. The van der Waals surface area contributed by atoms with E-state index in [9.17, 15) is 18.0 Å². The number of sulfone groups is 1. The van der Waals surface area contributed by atoms with Crippen molar-refractivity contribution in [1.29, 1.82) is 0 Å². The maximum Gasteiger partial charge on any atom is 0.338 e. The molecule has 10 heteroatoms. The van der Waals surface area contributed by atoms with Gasteiger partial charge in [0.05, 0.1) is 28.0 Å². The van der Waals surface area contributed by atoms with Gasteiger partial charge in [0.1, 0.15) is 5.69 Å². The third-order valence-corrected chi connectivity index (χ3v) is 10.9. The van der Waals surface area contributed by atoms with Crippen molar-refractivity contribution >= 4 is 21.7 Å². The number of carbonyl (C=O) groups excluding carboxylic acids is 2. The van der Waals surface area contributed by atoms with Gasteiger partial charge in [-0.2, -0.15) is 5.10 Å². The summed E-state index contributed by atoms with van der Waals surface area (Å²) in [7, 11) is -3.38. The highest BCUT2D eigenvalue weighted by Crippen LogP contribution is 2.38. The van der Waals surface area contributed by atoms with Crippen LogP contribution in [0.15, 0.2) is 29.2 Å². The number of amides is 1. The van der Waals surface area contributed by atoms with Gasteiger partial charge in [-0.25, -0.2) is 13.2 Å². The summed E-state index contributed by atoms with van der Waals surface area (Å²) in [5.74, 6) is -0.551. The van der Waals surface area contributed by atoms with Gasteiger partial charge in [0, 0.05) is 31.9 Å². The molecule has 1 amide bonds. The molecular formula is C29H39N3O6S. The average molecular weight is 558 g/mol. The van der Waals surface area contributed by atoms with E-state index in [4.69, 9.17) is 14.6 Å². The molecule has 2 fully saturated rings. The van der Waals surface area contributed by atoms with Crippen molar-refractivity contribution in [2.24, 2.45) is 5.41 Å². The van der Waals surface area contributed by atoms with Crippen LogP contribution in [0.2, 0.25) is 0 Å². The van der Waals surface area contributed by atoms with Crippen molar-refractivity contribution in [3.05, 3.63) is 46.8 Å². The van der Waals surface area contributed by atoms with Crippen LogP contribution in [0.25, 0.3) is 0 Å². The maximum absolute atomic E-state index is 13.0. The quantitative estimate of drug-likeness (QED) is 0.387. The summed E-state index contributed by atoms with van der Waals surface area (Å²) in [5.41, 5.74) is 2.87. The largest absolute Gasteiger partial charge is 0.462 e. The Labute approximate surface area is 230 Å². The SMILES string of the molecule is CCn1nc(CCCOC(=O)c2ccc(S(=O)(=O)C3CCCCC3)cc2)c2c1C(=O)NCC1(CCOCC1)C2. The third-order valence-electron chi connectivity index (χ3n) is 8.58. The molecule has 1 aliphatic carbocycles. The summed E-state index contributed by atoms with van der Waals surface area (Å²) in [6, 6.07) is 6.11. The van der Waals surface area contributed by atoms with Gasteiger partial charge in [-0.3, -0.25) is 9.48 Å². The second-order valence-electron chi connectivity index (χ2n) is 11.1. The van der Waals surface area contributed by atoms with Crippen molar-refractivity contribution in [2.45, 2.75) is 87.8 Å². The van der Waals surface area contributed by atoms with Gasteiger partial charge < -0.3 is 14.8 Å². The van der Waals surface area contributed by atoms with Crippen LogP contribution in [0.5, 0.6) is 0 Å². The van der Waals surface area contributed by atoms with E-state index in [2.05, 4.69) is 5.32 Å². The molecule has 0 unspecified atom stereocenters. The zero-order valence-corrected chi connectivity index (χ0v) is 23.6. The van der Waals surface area contributed by atoms with Crippen LogP contribution in [0, 0.1) is 5.41 Å².